The minimum Gasteiger partial charge on any atom is -0.491 e. The highest BCUT2D eigenvalue weighted by molar-refractivity contribution is 8.26. The predicted molar refractivity (Wildman–Crippen MR) is 117 cm³/mol. The van der Waals surface area contributed by atoms with Crippen LogP contribution in [0.4, 0.5) is 0 Å². The Morgan fingerprint density at radius 3 is 2.79 bits per heavy atom. The summed E-state index contributed by atoms with van der Waals surface area (Å²) in [5.74, 6) is 0.552. The van der Waals surface area contributed by atoms with E-state index in [0.717, 1.165) is 30.6 Å². The Morgan fingerprint density at radius 1 is 1.29 bits per heavy atom. The van der Waals surface area contributed by atoms with E-state index in [1.807, 2.05) is 44.2 Å². The van der Waals surface area contributed by atoms with Crippen molar-refractivity contribution in [2.45, 2.75) is 52.6 Å². The number of rotatable bonds is 10. The van der Waals surface area contributed by atoms with Crippen LogP contribution in [-0.4, -0.2) is 40.4 Å². The number of hydrogen-bond acceptors (Lipinski definition) is 6. The summed E-state index contributed by atoms with van der Waals surface area (Å²) < 4.78 is 11.2. The van der Waals surface area contributed by atoms with E-state index in [0.29, 0.717) is 28.8 Å². The topological polar surface area (TPSA) is 55.8 Å². The Labute approximate surface area is 176 Å². The van der Waals surface area contributed by atoms with E-state index in [-0.39, 0.29) is 18.0 Å². The lowest BCUT2D eigenvalue weighted by Gasteiger charge is -2.14. The Hall–Kier alpha value is -1.86. The van der Waals surface area contributed by atoms with E-state index in [4.69, 9.17) is 21.7 Å². The average Bonchev–Trinajstić information content (AvgIpc) is 2.88. The Balaban J connectivity index is 1.89. The Kier molecular flexibility index (Phi) is 8.99. The van der Waals surface area contributed by atoms with Crippen LogP contribution in [0, 0.1) is 0 Å². The number of benzene rings is 1. The monoisotopic (exact) mass is 421 g/mol. The first-order chi connectivity index (χ1) is 13.4. The maximum Gasteiger partial charge on any atom is 0.305 e. The van der Waals surface area contributed by atoms with Crippen molar-refractivity contribution in [1.29, 1.82) is 0 Å². The number of nitrogens with zero attached hydrogens (tertiary/aromatic N) is 1. The van der Waals surface area contributed by atoms with Gasteiger partial charge in [-0.2, -0.15) is 0 Å². The molecule has 0 aliphatic carbocycles. The van der Waals surface area contributed by atoms with Gasteiger partial charge in [0.05, 0.1) is 17.6 Å². The molecule has 1 saturated heterocycles. The quantitative estimate of drug-likeness (QED) is 0.234. The zero-order valence-electron chi connectivity index (χ0n) is 16.6. The summed E-state index contributed by atoms with van der Waals surface area (Å²) in [6.45, 7) is 6.73. The van der Waals surface area contributed by atoms with Crippen molar-refractivity contribution in [1.82, 2.24) is 4.90 Å². The number of amides is 1. The molecule has 0 radical (unpaired) electrons. The van der Waals surface area contributed by atoms with Gasteiger partial charge in [-0.3, -0.25) is 14.5 Å². The van der Waals surface area contributed by atoms with E-state index in [1.165, 1.54) is 11.8 Å². The van der Waals surface area contributed by atoms with Gasteiger partial charge >= 0.3 is 5.97 Å². The van der Waals surface area contributed by atoms with Gasteiger partial charge in [0, 0.05) is 13.0 Å². The zero-order chi connectivity index (χ0) is 20.5. The molecule has 1 aliphatic rings. The SMILES string of the molecule is CCOC(=O)CCCCCN1C(=O)/C(=C\c2cccc(OC(C)C)c2)SC1=S. The van der Waals surface area contributed by atoms with Crippen molar-refractivity contribution in [3.63, 3.8) is 0 Å². The summed E-state index contributed by atoms with van der Waals surface area (Å²) >= 11 is 6.70. The van der Waals surface area contributed by atoms with Gasteiger partial charge in [-0.05, 0) is 57.4 Å². The van der Waals surface area contributed by atoms with E-state index in [9.17, 15) is 9.59 Å². The molecule has 1 aromatic carbocycles. The largest absolute Gasteiger partial charge is 0.491 e. The molecular formula is C21H27NO4S2. The molecule has 7 heteroatoms. The van der Waals surface area contributed by atoms with Crippen LogP contribution in [0.15, 0.2) is 29.2 Å². The normalized spacial score (nSPS) is 15.6. The third-order valence-corrected chi connectivity index (χ3v) is 5.35. The molecule has 2 rings (SSSR count). The fourth-order valence-electron chi connectivity index (χ4n) is 2.74. The van der Waals surface area contributed by atoms with Crippen molar-refractivity contribution in [2.24, 2.45) is 0 Å². The Bertz CT molecular complexity index is 746. The molecule has 0 saturated carbocycles. The highest BCUT2D eigenvalue weighted by atomic mass is 32.2. The molecule has 1 amide bonds. The molecule has 0 N–H and O–H groups in total. The Morgan fingerprint density at radius 2 is 2.07 bits per heavy atom. The van der Waals surface area contributed by atoms with Crippen LogP contribution in [0.3, 0.4) is 0 Å². The molecule has 0 unspecified atom stereocenters. The molecule has 0 atom stereocenters. The van der Waals surface area contributed by atoms with Crippen molar-refractivity contribution in [3.05, 3.63) is 34.7 Å². The molecule has 0 aromatic heterocycles. The molecule has 152 valence electrons. The van der Waals surface area contributed by atoms with Gasteiger partial charge in [0.25, 0.3) is 5.91 Å². The van der Waals surface area contributed by atoms with Crippen LogP contribution in [0.25, 0.3) is 6.08 Å². The fourth-order valence-corrected chi connectivity index (χ4v) is 4.05. The highest BCUT2D eigenvalue weighted by Gasteiger charge is 2.31. The van der Waals surface area contributed by atoms with Crippen LogP contribution in [-0.2, 0) is 14.3 Å². The maximum atomic E-state index is 12.7. The smallest absolute Gasteiger partial charge is 0.305 e. The number of ether oxygens (including phenoxy) is 2. The molecular weight excluding hydrogens is 394 g/mol. The summed E-state index contributed by atoms with van der Waals surface area (Å²) in [4.78, 5) is 26.3. The second-order valence-corrected chi connectivity index (χ2v) is 8.36. The summed E-state index contributed by atoms with van der Waals surface area (Å²) in [6.07, 6.45) is 4.78. The number of thioether (sulfide) groups is 1. The summed E-state index contributed by atoms with van der Waals surface area (Å²) in [5, 5.41) is 0. The molecule has 1 aromatic rings. The van der Waals surface area contributed by atoms with Crippen LogP contribution >= 0.6 is 24.0 Å². The molecule has 5 nitrogen and oxygen atoms in total. The number of unbranched alkanes of at least 4 members (excludes halogenated alkanes) is 2. The molecule has 1 fully saturated rings. The van der Waals surface area contributed by atoms with Gasteiger partial charge in [0.2, 0.25) is 0 Å². The second kappa shape index (κ2) is 11.2. The average molecular weight is 422 g/mol. The molecule has 28 heavy (non-hydrogen) atoms. The van der Waals surface area contributed by atoms with Crippen molar-refractivity contribution in [3.8, 4) is 5.75 Å². The van der Waals surface area contributed by atoms with Crippen LogP contribution in [0.1, 0.15) is 52.0 Å². The van der Waals surface area contributed by atoms with E-state index in [1.54, 1.807) is 11.8 Å². The summed E-state index contributed by atoms with van der Waals surface area (Å²) in [5.41, 5.74) is 0.910. The van der Waals surface area contributed by atoms with E-state index >= 15 is 0 Å². The fraction of sp³-hybridized carbons (Fsp3) is 0.476. The first-order valence-corrected chi connectivity index (χ1v) is 10.8. The standard InChI is InChI=1S/C21H27NO4S2/c1-4-25-19(23)11-6-5-7-12-22-20(24)18(28-21(22)27)14-16-9-8-10-17(13-16)26-15(2)3/h8-10,13-15H,4-7,11-12H2,1-3H3/b18-14+. The minimum atomic E-state index is -0.167. The minimum absolute atomic E-state index is 0.0597. The van der Waals surface area contributed by atoms with E-state index in [2.05, 4.69) is 0 Å². The zero-order valence-corrected chi connectivity index (χ0v) is 18.2. The molecule has 0 spiro atoms. The number of hydrogen-bond donors (Lipinski definition) is 0. The summed E-state index contributed by atoms with van der Waals surface area (Å²) in [7, 11) is 0. The van der Waals surface area contributed by atoms with Crippen LogP contribution in [0.2, 0.25) is 0 Å². The van der Waals surface area contributed by atoms with Gasteiger partial charge in [-0.1, -0.05) is 42.5 Å². The number of thiocarbonyl (C=S) groups is 1. The van der Waals surface area contributed by atoms with Gasteiger partial charge in [-0.15, -0.1) is 0 Å². The van der Waals surface area contributed by atoms with Crippen molar-refractivity contribution < 1.29 is 19.1 Å². The maximum absolute atomic E-state index is 12.7. The van der Waals surface area contributed by atoms with Gasteiger partial charge in [0.1, 0.15) is 10.1 Å². The second-order valence-electron chi connectivity index (χ2n) is 6.69. The van der Waals surface area contributed by atoms with Crippen LogP contribution in [0.5, 0.6) is 5.75 Å². The molecule has 0 bridgehead atoms. The van der Waals surface area contributed by atoms with Crippen molar-refractivity contribution in [2.75, 3.05) is 13.2 Å². The highest BCUT2D eigenvalue weighted by Crippen LogP contribution is 2.33. The third-order valence-electron chi connectivity index (χ3n) is 3.97. The molecule has 1 heterocycles. The first kappa shape index (κ1) is 22.4. The number of carbonyl (C=O) groups excluding carboxylic acids is 2. The number of esters is 1. The van der Waals surface area contributed by atoms with Crippen molar-refractivity contribution >= 4 is 46.3 Å². The summed E-state index contributed by atoms with van der Waals surface area (Å²) in [6, 6.07) is 7.67. The van der Waals surface area contributed by atoms with E-state index < -0.39 is 0 Å². The lowest BCUT2D eigenvalue weighted by atomic mass is 10.2. The van der Waals surface area contributed by atoms with Gasteiger partial charge < -0.3 is 9.47 Å². The predicted octanol–water partition coefficient (Wildman–Crippen LogP) is 4.80. The molecule has 1 aliphatic heterocycles. The first-order valence-electron chi connectivity index (χ1n) is 9.58. The number of carbonyl (C=O) groups is 2. The van der Waals surface area contributed by atoms with Gasteiger partial charge in [0.15, 0.2) is 0 Å². The third kappa shape index (κ3) is 6.95. The lowest BCUT2D eigenvalue weighted by molar-refractivity contribution is -0.143. The van der Waals surface area contributed by atoms with Gasteiger partial charge in [-0.25, -0.2) is 0 Å². The lowest BCUT2D eigenvalue weighted by Crippen LogP contribution is -2.29. The van der Waals surface area contributed by atoms with Crippen LogP contribution < -0.4 is 4.74 Å².